The van der Waals surface area contributed by atoms with Gasteiger partial charge in [0.1, 0.15) is 6.61 Å². The number of aliphatic carboxylic acids is 1. The van der Waals surface area contributed by atoms with Gasteiger partial charge in [-0.25, -0.2) is 4.79 Å². The molecule has 0 bridgehead atoms. The van der Waals surface area contributed by atoms with Gasteiger partial charge in [-0.15, -0.1) is 0 Å². The molecule has 2 fully saturated rings. The Morgan fingerprint density at radius 3 is 2.23 bits per heavy atom. The number of rotatable bonds is 7. The molecule has 0 spiro atoms. The highest BCUT2D eigenvalue weighted by Gasteiger charge is 2.49. The second kappa shape index (κ2) is 9.02. The molecule has 2 N–H and O–H groups in total. The summed E-state index contributed by atoms with van der Waals surface area (Å²) in [7, 11) is 0. The van der Waals surface area contributed by atoms with Crippen molar-refractivity contribution in [3.05, 3.63) is 59.7 Å². The third-order valence-corrected chi connectivity index (χ3v) is 8.11. The Labute approximate surface area is 205 Å². The van der Waals surface area contributed by atoms with Crippen molar-refractivity contribution in [2.24, 2.45) is 5.41 Å². The van der Waals surface area contributed by atoms with E-state index in [-0.39, 0.29) is 31.4 Å². The molecule has 2 amide bonds. The molecule has 1 aliphatic heterocycles. The van der Waals surface area contributed by atoms with Gasteiger partial charge in [0.15, 0.2) is 0 Å². The third kappa shape index (κ3) is 4.40. The fourth-order valence-electron chi connectivity index (χ4n) is 5.71. The Morgan fingerprint density at radius 2 is 1.66 bits per heavy atom. The number of hydrogen-bond acceptors (Lipinski definition) is 4. The number of nitrogens with one attached hydrogen (secondary N) is 1. The molecule has 1 heterocycles. The molecule has 1 atom stereocenters. The van der Waals surface area contributed by atoms with Crippen LogP contribution in [-0.4, -0.2) is 53.2 Å². The third-order valence-electron chi connectivity index (χ3n) is 8.11. The van der Waals surface area contributed by atoms with Gasteiger partial charge in [0.25, 0.3) is 0 Å². The van der Waals surface area contributed by atoms with Crippen LogP contribution in [0.2, 0.25) is 0 Å². The first kappa shape index (κ1) is 23.4. The topological polar surface area (TPSA) is 95.9 Å². The molecule has 2 aromatic carbocycles. The summed E-state index contributed by atoms with van der Waals surface area (Å²) in [5, 5.41) is 12.7. The lowest BCUT2D eigenvalue weighted by atomic mass is 9.77. The number of likely N-dealkylation sites (tertiary alicyclic amines) is 1. The normalized spacial score (nSPS) is 22.1. The number of carboxylic acid groups (broad SMARTS) is 1. The van der Waals surface area contributed by atoms with Gasteiger partial charge in [0.2, 0.25) is 5.91 Å². The number of amides is 2. The van der Waals surface area contributed by atoms with E-state index >= 15 is 0 Å². The second-order valence-corrected chi connectivity index (χ2v) is 10.3. The Balaban J connectivity index is 1.19. The minimum atomic E-state index is -0.870. The van der Waals surface area contributed by atoms with Gasteiger partial charge in [-0.2, -0.15) is 0 Å². The van der Waals surface area contributed by atoms with E-state index < -0.39 is 23.0 Å². The minimum absolute atomic E-state index is 0.0172. The number of ether oxygens (including phenoxy) is 1. The van der Waals surface area contributed by atoms with Crippen LogP contribution in [0.15, 0.2) is 48.5 Å². The largest absolute Gasteiger partial charge is 0.481 e. The number of piperidine rings is 1. The molecule has 184 valence electrons. The molecule has 0 aromatic heterocycles. The van der Waals surface area contributed by atoms with Gasteiger partial charge in [0, 0.05) is 19.0 Å². The summed E-state index contributed by atoms with van der Waals surface area (Å²) in [4.78, 5) is 39.3. The summed E-state index contributed by atoms with van der Waals surface area (Å²) >= 11 is 0. The van der Waals surface area contributed by atoms with Gasteiger partial charge in [-0.3, -0.25) is 9.59 Å². The van der Waals surface area contributed by atoms with Crippen molar-refractivity contribution in [3.8, 4) is 11.1 Å². The smallest absolute Gasteiger partial charge is 0.407 e. The lowest BCUT2D eigenvalue weighted by molar-refractivity contribution is -0.155. The quantitative estimate of drug-likeness (QED) is 0.611. The predicted molar refractivity (Wildman–Crippen MR) is 131 cm³/mol. The summed E-state index contributed by atoms with van der Waals surface area (Å²) in [5.41, 5.74) is 3.20. The molecule has 35 heavy (non-hydrogen) atoms. The summed E-state index contributed by atoms with van der Waals surface area (Å²) in [6.07, 6.45) is 2.86. The molecule has 0 radical (unpaired) electrons. The average molecular weight is 477 g/mol. The second-order valence-electron chi connectivity index (χ2n) is 10.3. The highest BCUT2D eigenvalue weighted by molar-refractivity contribution is 5.82. The number of benzene rings is 2. The molecule has 5 rings (SSSR count). The van der Waals surface area contributed by atoms with E-state index in [1.165, 1.54) is 11.1 Å². The van der Waals surface area contributed by atoms with Crippen LogP contribution in [0.25, 0.3) is 11.1 Å². The van der Waals surface area contributed by atoms with Crippen molar-refractivity contribution in [1.82, 2.24) is 10.2 Å². The Morgan fingerprint density at radius 1 is 1.03 bits per heavy atom. The minimum Gasteiger partial charge on any atom is -0.481 e. The number of alkyl carbamates (subject to hydrolysis) is 1. The average Bonchev–Trinajstić information content (AvgIpc) is 3.54. The summed E-state index contributed by atoms with van der Waals surface area (Å²) in [5.74, 6) is -0.952. The van der Waals surface area contributed by atoms with E-state index in [1.807, 2.05) is 31.2 Å². The van der Waals surface area contributed by atoms with Gasteiger partial charge < -0.3 is 20.1 Å². The van der Waals surface area contributed by atoms with Crippen LogP contribution >= 0.6 is 0 Å². The van der Waals surface area contributed by atoms with Crippen molar-refractivity contribution < 1.29 is 24.2 Å². The lowest BCUT2D eigenvalue weighted by Crippen LogP contribution is -2.51. The van der Waals surface area contributed by atoms with E-state index in [1.54, 1.807) is 4.90 Å². The molecular formula is C28H32N2O5. The number of nitrogens with zero attached hydrogens (tertiary/aromatic N) is 1. The molecule has 2 aromatic rings. The van der Waals surface area contributed by atoms with Crippen LogP contribution in [0.1, 0.15) is 62.5 Å². The van der Waals surface area contributed by atoms with Crippen molar-refractivity contribution in [1.29, 1.82) is 0 Å². The van der Waals surface area contributed by atoms with E-state index in [2.05, 4.69) is 29.6 Å². The maximum Gasteiger partial charge on any atom is 0.407 e. The van der Waals surface area contributed by atoms with Gasteiger partial charge in [-0.05, 0) is 54.4 Å². The predicted octanol–water partition coefficient (Wildman–Crippen LogP) is 4.55. The van der Waals surface area contributed by atoms with Crippen LogP contribution in [0.5, 0.6) is 0 Å². The van der Waals surface area contributed by atoms with E-state index in [0.29, 0.717) is 38.6 Å². The van der Waals surface area contributed by atoms with Crippen LogP contribution in [0.4, 0.5) is 4.79 Å². The first-order chi connectivity index (χ1) is 16.9. The SMILES string of the molecule is CCC1(C(=O)O)CCCN(C(=O)CC2(NC(=O)OCC3c4ccccc4-c4ccccc43)CC2)C1. The molecule has 7 heteroatoms. The van der Waals surface area contributed by atoms with Crippen LogP contribution in [-0.2, 0) is 14.3 Å². The number of carbonyl (C=O) groups excluding carboxylic acids is 2. The molecular weight excluding hydrogens is 444 g/mol. The molecule has 2 aliphatic carbocycles. The Bertz CT molecular complexity index is 1110. The highest BCUT2D eigenvalue weighted by atomic mass is 16.5. The fourth-order valence-corrected chi connectivity index (χ4v) is 5.71. The van der Waals surface area contributed by atoms with Crippen LogP contribution < -0.4 is 5.32 Å². The van der Waals surface area contributed by atoms with Crippen molar-refractivity contribution >= 4 is 18.0 Å². The first-order valence-corrected chi connectivity index (χ1v) is 12.5. The highest BCUT2D eigenvalue weighted by Crippen LogP contribution is 2.45. The zero-order valence-corrected chi connectivity index (χ0v) is 20.1. The van der Waals surface area contributed by atoms with Gasteiger partial charge in [0.05, 0.1) is 17.4 Å². The van der Waals surface area contributed by atoms with Crippen molar-refractivity contribution in [3.63, 3.8) is 0 Å². The molecule has 3 aliphatic rings. The molecule has 1 saturated carbocycles. The fraction of sp³-hybridized carbons (Fsp3) is 0.464. The molecule has 7 nitrogen and oxygen atoms in total. The monoisotopic (exact) mass is 476 g/mol. The molecule has 1 saturated heterocycles. The van der Waals surface area contributed by atoms with E-state index in [0.717, 1.165) is 11.1 Å². The zero-order chi connectivity index (χ0) is 24.6. The molecule has 1 unspecified atom stereocenters. The Kier molecular flexibility index (Phi) is 6.03. The first-order valence-electron chi connectivity index (χ1n) is 12.5. The van der Waals surface area contributed by atoms with Gasteiger partial charge in [-0.1, -0.05) is 55.5 Å². The maximum atomic E-state index is 13.0. The lowest BCUT2D eigenvalue weighted by Gasteiger charge is -2.40. The maximum absolute atomic E-state index is 13.0. The van der Waals surface area contributed by atoms with Crippen molar-refractivity contribution in [2.45, 2.75) is 56.9 Å². The Hall–Kier alpha value is -3.35. The number of fused-ring (bicyclic) bond motifs is 3. The van der Waals surface area contributed by atoms with Gasteiger partial charge >= 0.3 is 12.1 Å². The summed E-state index contributed by atoms with van der Waals surface area (Å²) < 4.78 is 5.67. The number of carbonyl (C=O) groups is 3. The van der Waals surface area contributed by atoms with Crippen molar-refractivity contribution in [2.75, 3.05) is 19.7 Å². The zero-order valence-electron chi connectivity index (χ0n) is 20.1. The van der Waals surface area contributed by atoms with Crippen LogP contribution in [0.3, 0.4) is 0 Å². The standard InChI is InChI=1S/C28H32N2O5/c1-2-27(25(32)33)12-7-15-30(18-27)24(31)16-28(13-14-28)29-26(34)35-17-23-21-10-5-3-8-19(21)20-9-4-6-11-22(20)23/h3-6,8-11,23H,2,7,12-18H2,1H3,(H,29,34)(H,32,33). The number of hydrogen-bond donors (Lipinski definition) is 2. The van der Waals surface area contributed by atoms with E-state index in [4.69, 9.17) is 4.74 Å². The van der Waals surface area contributed by atoms with Crippen LogP contribution in [0, 0.1) is 5.41 Å². The summed E-state index contributed by atoms with van der Waals surface area (Å²) in [6, 6.07) is 16.4. The van der Waals surface area contributed by atoms with E-state index in [9.17, 15) is 19.5 Å². The number of carboxylic acids is 1. The summed E-state index contributed by atoms with van der Waals surface area (Å²) in [6.45, 7) is 2.89.